The highest BCUT2D eigenvalue weighted by Crippen LogP contribution is 2.34. The van der Waals surface area contributed by atoms with Crippen molar-refractivity contribution in [3.8, 4) is 5.75 Å². The van der Waals surface area contributed by atoms with E-state index in [1.807, 2.05) is 0 Å². The van der Waals surface area contributed by atoms with E-state index in [0.717, 1.165) is 41.7 Å². The number of benzene rings is 1. The maximum Gasteiger partial charge on any atom is 0.165 e. The minimum Gasteiger partial charge on any atom is -0.494 e. The van der Waals surface area contributed by atoms with E-state index in [-0.39, 0.29) is 11.6 Å². The number of halogens is 1. The van der Waals surface area contributed by atoms with Gasteiger partial charge in [-0.2, -0.15) is 0 Å². The molecule has 0 saturated carbocycles. The number of aromatic nitrogens is 1. The monoisotopic (exact) mass is 220 g/mol. The van der Waals surface area contributed by atoms with Gasteiger partial charge in [-0.1, -0.05) is 0 Å². The first kappa shape index (κ1) is 9.51. The molecule has 0 spiro atoms. The molecule has 2 aromatic rings. The molecular weight excluding hydrogens is 207 g/mol. The lowest BCUT2D eigenvalue weighted by molar-refractivity contribution is 0.387. The van der Waals surface area contributed by atoms with E-state index in [2.05, 4.69) is 10.3 Å². The van der Waals surface area contributed by atoms with Gasteiger partial charge in [0.25, 0.3) is 0 Å². The minimum atomic E-state index is -0.316. The summed E-state index contributed by atoms with van der Waals surface area (Å²) in [5, 5.41) is 4.22. The molecule has 1 aromatic carbocycles. The Morgan fingerprint density at radius 2 is 2.25 bits per heavy atom. The van der Waals surface area contributed by atoms with E-state index < -0.39 is 0 Å². The van der Waals surface area contributed by atoms with Crippen LogP contribution in [0.15, 0.2) is 12.1 Å². The van der Waals surface area contributed by atoms with E-state index in [4.69, 9.17) is 4.74 Å². The molecule has 0 saturated heterocycles. The summed E-state index contributed by atoms with van der Waals surface area (Å²) < 4.78 is 18.6. The Bertz CT molecular complexity index is 547. The van der Waals surface area contributed by atoms with Crippen molar-refractivity contribution in [3.05, 3.63) is 23.6 Å². The van der Waals surface area contributed by atoms with Crippen molar-refractivity contribution in [3.63, 3.8) is 0 Å². The molecule has 1 aromatic heterocycles. The summed E-state index contributed by atoms with van der Waals surface area (Å²) >= 11 is 0. The molecule has 0 fully saturated rings. The second kappa shape index (κ2) is 3.40. The van der Waals surface area contributed by atoms with Gasteiger partial charge in [0.05, 0.1) is 18.3 Å². The number of nitrogens with one attached hydrogen (secondary N) is 2. The first-order valence-electron chi connectivity index (χ1n) is 5.41. The third-order valence-corrected chi connectivity index (χ3v) is 3.05. The zero-order valence-corrected chi connectivity index (χ0v) is 9.06. The van der Waals surface area contributed by atoms with Crippen molar-refractivity contribution >= 4 is 16.6 Å². The fourth-order valence-corrected chi connectivity index (χ4v) is 2.28. The maximum absolute atomic E-state index is 13.6. The molecular formula is C12H13FN2O. The second-order valence-corrected chi connectivity index (χ2v) is 4.04. The summed E-state index contributed by atoms with van der Waals surface area (Å²) in [6.07, 6.45) is 2.13. The van der Waals surface area contributed by atoms with Gasteiger partial charge >= 0.3 is 0 Å². The van der Waals surface area contributed by atoms with Crippen LogP contribution >= 0.6 is 0 Å². The quantitative estimate of drug-likeness (QED) is 0.775. The van der Waals surface area contributed by atoms with E-state index in [1.54, 1.807) is 6.07 Å². The van der Waals surface area contributed by atoms with Crippen LogP contribution in [0.3, 0.4) is 0 Å². The van der Waals surface area contributed by atoms with Gasteiger partial charge in [-0.05, 0) is 18.9 Å². The standard InChI is InChI=1S/C12H13FN2O/c1-16-11-6-10-7(5-8(11)13)12-9(15-10)3-2-4-14-12/h5-6,14-15H,2-4H2,1H3. The number of hydrogen-bond acceptors (Lipinski definition) is 2. The number of fused-ring (bicyclic) bond motifs is 3. The molecule has 0 atom stereocenters. The van der Waals surface area contributed by atoms with Crippen molar-refractivity contribution in [2.45, 2.75) is 12.8 Å². The van der Waals surface area contributed by atoms with Crippen molar-refractivity contribution in [1.82, 2.24) is 4.98 Å². The van der Waals surface area contributed by atoms with Gasteiger partial charge in [0.1, 0.15) is 0 Å². The van der Waals surface area contributed by atoms with Crippen LogP contribution in [0.1, 0.15) is 12.1 Å². The van der Waals surface area contributed by atoms with Crippen LogP contribution in [0.2, 0.25) is 0 Å². The lowest BCUT2D eigenvalue weighted by Gasteiger charge is -2.13. The molecule has 0 bridgehead atoms. The second-order valence-electron chi connectivity index (χ2n) is 4.04. The first-order chi connectivity index (χ1) is 7.79. The topological polar surface area (TPSA) is 37.0 Å². The number of aromatic amines is 1. The predicted octanol–water partition coefficient (Wildman–Crippen LogP) is 2.67. The zero-order chi connectivity index (χ0) is 11.1. The molecule has 0 amide bonds. The summed E-state index contributed by atoms with van der Waals surface area (Å²) in [6.45, 7) is 0.952. The largest absolute Gasteiger partial charge is 0.494 e. The van der Waals surface area contributed by atoms with Gasteiger partial charge in [-0.15, -0.1) is 0 Å². The molecule has 16 heavy (non-hydrogen) atoms. The Balaban J connectivity index is 2.27. The highest BCUT2D eigenvalue weighted by atomic mass is 19.1. The number of ether oxygens (including phenoxy) is 1. The van der Waals surface area contributed by atoms with Crippen molar-refractivity contribution in [2.24, 2.45) is 0 Å². The molecule has 1 aliphatic heterocycles. The summed E-state index contributed by atoms with van der Waals surface area (Å²) in [6, 6.07) is 3.24. The van der Waals surface area contributed by atoms with Gasteiger partial charge in [0, 0.05) is 23.7 Å². The molecule has 84 valence electrons. The smallest absolute Gasteiger partial charge is 0.165 e. The fraction of sp³-hybridized carbons (Fsp3) is 0.333. The van der Waals surface area contributed by atoms with Crippen LogP contribution < -0.4 is 10.1 Å². The van der Waals surface area contributed by atoms with Gasteiger partial charge in [-0.3, -0.25) is 0 Å². The maximum atomic E-state index is 13.6. The summed E-state index contributed by atoms with van der Waals surface area (Å²) in [4.78, 5) is 3.31. The average Bonchev–Trinajstić information content (AvgIpc) is 2.66. The molecule has 0 radical (unpaired) electrons. The van der Waals surface area contributed by atoms with Crippen molar-refractivity contribution in [1.29, 1.82) is 0 Å². The normalized spacial score (nSPS) is 14.6. The van der Waals surface area contributed by atoms with Crippen molar-refractivity contribution in [2.75, 3.05) is 19.0 Å². The molecule has 3 nitrogen and oxygen atoms in total. The van der Waals surface area contributed by atoms with E-state index in [0.29, 0.717) is 0 Å². The number of anilines is 1. The van der Waals surface area contributed by atoms with E-state index in [9.17, 15) is 4.39 Å². The molecule has 4 heteroatoms. The molecule has 2 N–H and O–H groups in total. The van der Waals surface area contributed by atoms with Gasteiger partial charge < -0.3 is 15.0 Å². The number of rotatable bonds is 1. The molecule has 0 aliphatic carbocycles. The van der Waals surface area contributed by atoms with Crippen LogP contribution in [-0.2, 0) is 6.42 Å². The number of aryl methyl sites for hydroxylation is 1. The summed E-state index contributed by atoms with van der Waals surface area (Å²) in [5.41, 5.74) is 3.13. The molecule has 3 rings (SSSR count). The number of H-pyrrole nitrogens is 1. The third-order valence-electron chi connectivity index (χ3n) is 3.05. The zero-order valence-electron chi connectivity index (χ0n) is 9.06. The van der Waals surface area contributed by atoms with Gasteiger partial charge in [-0.25, -0.2) is 4.39 Å². The lowest BCUT2D eigenvalue weighted by Crippen LogP contribution is -2.10. The van der Waals surface area contributed by atoms with Crippen LogP contribution in [0, 0.1) is 5.82 Å². The van der Waals surface area contributed by atoms with E-state index >= 15 is 0 Å². The highest BCUT2D eigenvalue weighted by Gasteiger charge is 2.16. The number of hydrogen-bond donors (Lipinski definition) is 2. The Labute approximate surface area is 92.6 Å². The van der Waals surface area contributed by atoms with Gasteiger partial charge in [0.2, 0.25) is 0 Å². The van der Waals surface area contributed by atoms with Crippen LogP contribution in [0.4, 0.5) is 10.1 Å². The average molecular weight is 220 g/mol. The van der Waals surface area contributed by atoms with Gasteiger partial charge in [0.15, 0.2) is 11.6 Å². The fourth-order valence-electron chi connectivity index (χ4n) is 2.28. The van der Waals surface area contributed by atoms with E-state index in [1.165, 1.54) is 13.2 Å². The third kappa shape index (κ3) is 1.26. The Kier molecular flexibility index (Phi) is 2.02. The Morgan fingerprint density at radius 1 is 1.38 bits per heavy atom. The van der Waals surface area contributed by atoms with Crippen molar-refractivity contribution < 1.29 is 9.13 Å². The highest BCUT2D eigenvalue weighted by molar-refractivity contribution is 5.95. The predicted molar refractivity (Wildman–Crippen MR) is 61.6 cm³/mol. The minimum absolute atomic E-state index is 0.283. The van der Waals surface area contributed by atoms with Crippen LogP contribution in [0.5, 0.6) is 5.75 Å². The molecule has 1 aliphatic rings. The first-order valence-corrected chi connectivity index (χ1v) is 5.41. The summed E-state index contributed by atoms with van der Waals surface area (Å²) in [7, 11) is 1.48. The number of methoxy groups -OCH3 is 1. The van der Waals surface area contributed by atoms with Crippen LogP contribution in [-0.4, -0.2) is 18.6 Å². The Hall–Kier alpha value is -1.71. The van der Waals surface area contributed by atoms with Crippen LogP contribution in [0.25, 0.3) is 10.9 Å². The Morgan fingerprint density at radius 3 is 3.06 bits per heavy atom. The molecule has 0 unspecified atom stereocenters. The summed E-state index contributed by atoms with van der Waals surface area (Å²) in [5.74, 6) is -0.0322. The SMILES string of the molecule is COc1cc2[nH]c3c(c2cc1F)NCCC3. The molecule has 2 heterocycles. The lowest BCUT2D eigenvalue weighted by atomic mass is 10.1.